The quantitative estimate of drug-likeness (QED) is 0.286. The van der Waals surface area contributed by atoms with Gasteiger partial charge in [0.2, 0.25) is 0 Å². The highest BCUT2D eigenvalue weighted by Gasteiger charge is 2.46. The molecule has 1 aliphatic heterocycles. The Morgan fingerprint density at radius 3 is 2.44 bits per heavy atom. The van der Waals surface area contributed by atoms with Gasteiger partial charge in [-0.2, -0.15) is 0 Å². The van der Waals surface area contributed by atoms with Gasteiger partial charge in [-0.3, -0.25) is 4.79 Å². The van der Waals surface area contributed by atoms with Crippen molar-refractivity contribution < 1.29 is 28.9 Å². The summed E-state index contributed by atoms with van der Waals surface area (Å²) in [5, 5.41) is 20.4. The molecule has 2 unspecified atom stereocenters. The number of unbranched alkanes of at least 4 members (excludes halogenated alkanes) is 1. The number of aliphatic hydroxyl groups excluding tert-OH is 1. The van der Waals surface area contributed by atoms with Gasteiger partial charge in [0, 0.05) is 25.0 Å². The van der Waals surface area contributed by atoms with Crippen molar-refractivity contribution in [2.75, 3.05) is 6.61 Å². The molecule has 0 spiro atoms. The van der Waals surface area contributed by atoms with E-state index in [-0.39, 0.29) is 41.8 Å². The van der Waals surface area contributed by atoms with Gasteiger partial charge in [0.05, 0.1) is 18.6 Å². The number of hydrogen-bond acceptors (Lipinski definition) is 5. The van der Waals surface area contributed by atoms with Crippen LogP contribution in [0.3, 0.4) is 0 Å². The highest BCUT2D eigenvalue weighted by molar-refractivity contribution is 6.74. The second-order valence-electron chi connectivity index (χ2n) is 12.3. The van der Waals surface area contributed by atoms with Crippen molar-refractivity contribution in [1.29, 1.82) is 0 Å². The van der Waals surface area contributed by atoms with Crippen molar-refractivity contribution in [2.24, 2.45) is 17.8 Å². The summed E-state index contributed by atoms with van der Waals surface area (Å²) in [6.45, 7) is 16.7. The normalized spacial score (nSPS) is 30.3. The van der Waals surface area contributed by atoms with Crippen molar-refractivity contribution in [3.05, 3.63) is 0 Å². The molecule has 0 bridgehead atoms. The molecule has 1 heterocycles. The molecule has 1 saturated heterocycles. The van der Waals surface area contributed by atoms with Gasteiger partial charge in [-0.1, -0.05) is 47.5 Å². The van der Waals surface area contributed by atoms with Crippen molar-refractivity contribution in [3.8, 4) is 0 Å². The zero-order valence-electron chi connectivity index (χ0n) is 22.8. The molecule has 0 aromatic carbocycles. The molecule has 1 aliphatic carbocycles. The fourth-order valence-corrected chi connectivity index (χ4v) is 6.75. The molecule has 0 aromatic rings. The summed E-state index contributed by atoms with van der Waals surface area (Å²) in [7, 11) is -1.95. The van der Waals surface area contributed by atoms with Crippen LogP contribution >= 0.6 is 0 Å². The van der Waals surface area contributed by atoms with E-state index >= 15 is 0 Å². The summed E-state index contributed by atoms with van der Waals surface area (Å²) in [4.78, 5) is 11.6. The maximum atomic E-state index is 11.6. The summed E-state index contributed by atoms with van der Waals surface area (Å²) in [5.41, 5.74) is 0. The molecule has 2 N–H and O–H groups in total. The molecule has 200 valence electrons. The molecule has 1 saturated carbocycles. The number of carboxylic acids is 1. The molecule has 7 heteroatoms. The van der Waals surface area contributed by atoms with E-state index in [4.69, 9.17) is 13.9 Å². The lowest BCUT2D eigenvalue weighted by molar-refractivity contribution is -0.196. The maximum absolute atomic E-state index is 11.6. The zero-order valence-corrected chi connectivity index (χ0v) is 23.8. The van der Waals surface area contributed by atoms with Crippen LogP contribution in [0, 0.1) is 17.8 Å². The molecule has 0 aromatic heterocycles. The van der Waals surface area contributed by atoms with Gasteiger partial charge in [-0.15, -0.1) is 0 Å². The summed E-state index contributed by atoms with van der Waals surface area (Å²) in [6, 6.07) is 0. The van der Waals surface area contributed by atoms with Crippen LogP contribution in [0.25, 0.3) is 0 Å². The number of carboxylic acid groups (broad SMARTS) is 1. The van der Waals surface area contributed by atoms with Gasteiger partial charge in [0.1, 0.15) is 0 Å². The van der Waals surface area contributed by atoms with Gasteiger partial charge >= 0.3 is 5.97 Å². The minimum absolute atomic E-state index is 0.000479. The second-order valence-corrected chi connectivity index (χ2v) is 17.1. The van der Waals surface area contributed by atoms with Crippen LogP contribution in [0.4, 0.5) is 0 Å². The molecule has 7 atom stereocenters. The van der Waals surface area contributed by atoms with Crippen LogP contribution in [0.15, 0.2) is 0 Å². The molecule has 6 nitrogen and oxygen atoms in total. The molecule has 2 fully saturated rings. The lowest BCUT2D eigenvalue weighted by atomic mass is 9.84. The fraction of sp³-hybridized carbons (Fsp3) is 0.963. The smallest absolute Gasteiger partial charge is 0.303 e. The minimum atomic E-state index is -1.95. The highest BCUT2D eigenvalue weighted by atomic mass is 28.4. The fourth-order valence-electron chi connectivity index (χ4n) is 5.29. The lowest BCUT2D eigenvalue weighted by Crippen LogP contribution is -2.45. The van der Waals surface area contributed by atoms with Crippen molar-refractivity contribution in [1.82, 2.24) is 0 Å². The number of rotatable bonds is 13. The number of aliphatic carboxylic acids is 1. The Balaban J connectivity index is 2.16. The van der Waals surface area contributed by atoms with Gasteiger partial charge in [-0.05, 0) is 68.5 Å². The third-order valence-corrected chi connectivity index (χ3v) is 13.1. The third-order valence-electron chi connectivity index (χ3n) is 8.55. The Labute approximate surface area is 209 Å². The van der Waals surface area contributed by atoms with E-state index < -0.39 is 20.4 Å². The van der Waals surface area contributed by atoms with Crippen molar-refractivity contribution in [3.63, 3.8) is 0 Å². The van der Waals surface area contributed by atoms with E-state index in [9.17, 15) is 15.0 Å². The van der Waals surface area contributed by atoms with E-state index in [2.05, 4.69) is 47.7 Å². The van der Waals surface area contributed by atoms with Gasteiger partial charge < -0.3 is 24.1 Å². The highest BCUT2D eigenvalue weighted by Crippen LogP contribution is 2.43. The summed E-state index contributed by atoms with van der Waals surface area (Å²) < 4.78 is 19.1. The topological polar surface area (TPSA) is 85.2 Å². The van der Waals surface area contributed by atoms with Gasteiger partial charge in [0.15, 0.2) is 14.6 Å². The first-order valence-corrected chi connectivity index (χ1v) is 16.6. The first kappa shape index (κ1) is 29.8. The average molecular weight is 501 g/mol. The standard InChI is InChI=1S/C27H52O6Si/c1-8-9-12-19(2)23(33-34(6,7)27(3,4)5)15-14-20-21(17-25(29)30)22(28)18-24(20)32-26-13-10-11-16-31-26/h19-24,26,28H,8-18H2,1-7H3,(H,29,30)/t19?,20-,21+,22-,23-,24+,26?/m0/s1. The largest absolute Gasteiger partial charge is 0.481 e. The van der Waals surface area contributed by atoms with Crippen LogP contribution < -0.4 is 0 Å². The number of hydrogen-bond donors (Lipinski definition) is 2. The first-order chi connectivity index (χ1) is 15.9. The SMILES string of the molecule is CCCCC(C)[C@H](CC[C@H]1[C@@H](CC(=O)O)[C@@H](O)C[C@H]1OC1CCCCO1)O[Si](C)(C)C(C)(C)C. The van der Waals surface area contributed by atoms with E-state index in [0.717, 1.165) is 38.5 Å². The second kappa shape index (κ2) is 13.2. The molecule has 0 amide bonds. The minimum Gasteiger partial charge on any atom is -0.481 e. The Kier molecular flexibility index (Phi) is 11.5. The lowest BCUT2D eigenvalue weighted by Gasteiger charge is -2.41. The Bertz CT molecular complexity index is 613. The molecule has 2 rings (SSSR count). The summed E-state index contributed by atoms with van der Waals surface area (Å²) in [6.07, 6.45) is 7.75. The third kappa shape index (κ3) is 8.58. The number of ether oxygens (including phenoxy) is 2. The van der Waals surface area contributed by atoms with Crippen molar-refractivity contribution >= 4 is 14.3 Å². The number of aliphatic hydroxyl groups is 1. The number of carbonyl (C=O) groups is 1. The molecular weight excluding hydrogens is 448 g/mol. The predicted molar refractivity (Wildman–Crippen MR) is 138 cm³/mol. The van der Waals surface area contributed by atoms with Crippen LogP contribution in [-0.4, -0.2) is 55.7 Å². The van der Waals surface area contributed by atoms with Crippen molar-refractivity contribution in [2.45, 2.75) is 142 Å². The van der Waals surface area contributed by atoms with Gasteiger partial charge in [-0.25, -0.2) is 0 Å². The Morgan fingerprint density at radius 1 is 1.18 bits per heavy atom. The molecule has 2 aliphatic rings. The molecule has 0 radical (unpaired) electrons. The van der Waals surface area contributed by atoms with Crippen LogP contribution in [0.5, 0.6) is 0 Å². The zero-order chi connectivity index (χ0) is 25.5. The van der Waals surface area contributed by atoms with Crippen LogP contribution in [0.2, 0.25) is 18.1 Å². The first-order valence-electron chi connectivity index (χ1n) is 13.7. The van der Waals surface area contributed by atoms with E-state index in [1.54, 1.807) is 0 Å². The van der Waals surface area contributed by atoms with Crippen LogP contribution in [0.1, 0.15) is 98.8 Å². The Hall–Kier alpha value is -0.473. The molecule has 34 heavy (non-hydrogen) atoms. The van der Waals surface area contributed by atoms with Gasteiger partial charge in [0.25, 0.3) is 0 Å². The molecular formula is C27H52O6Si. The maximum Gasteiger partial charge on any atom is 0.303 e. The summed E-state index contributed by atoms with van der Waals surface area (Å²) >= 11 is 0. The summed E-state index contributed by atoms with van der Waals surface area (Å²) in [5.74, 6) is -0.695. The predicted octanol–water partition coefficient (Wildman–Crippen LogP) is 6.37. The van der Waals surface area contributed by atoms with E-state index in [1.807, 2.05) is 0 Å². The monoisotopic (exact) mass is 500 g/mol. The average Bonchev–Trinajstić information content (AvgIpc) is 3.02. The Morgan fingerprint density at radius 2 is 1.88 bits per heavy atom. The van der Waals surface area contributed by atoms with Crippen LogP contribution in [-0.2, 0) is 18.7 Å². The van der Waals surface area contributed by atoms with E-state index in [0.29, 0.717) is 18.9 Å². The van der Waals surface area contributed by atoms with E-state index in [1.165, 1.54) is 12.8 Å².